The summed E-state index contributed by atoms with van der Waals surface area (Å²) < 4.78 is 0. The molecule has 2 heterocycles. The van der Waals surface area contributed by atoms with Gasteiger partial charge in [0.2, 0.25) is 0 Å². The van der Waals surface area contributed by atoms with Gasteiger partial charge in [-0.05, 0) is 58.1 Å². The van der Waals surface area contributed by atoms with Crippen LogP contribution >= 0.6 is 24.0 Å². The van der Waals surface area contributed by atoms with Crippen molar-refractivity contribution < 1.29 is 0 Å². The summed E-state index contributed by atoms with van der Waals surface area (Å²) in [6, 6.07) is 9.49. The zero-order valence-corrected chi connectivity index (χ0v) is 20.7. The Bertz CT molecular complexity index is 614. The monoisotopic (exact) mass is 514 g/mol. The fourth-order valence-corrected chi connectivity index (χ4v) is 4.00. The summed E-state index contributed by atoms with van der Waals surface area (Å²) in [5, 5.41) is 6.91. The first-order valence-electron chi connectivity index (χ1n) is 10.8. The standard InChI is InChI=1S/C22H38N6.HI/c1-4-23-22(25-16-21-18-26(2)13-14-27(21)3)24-15-19-7-9-20(10-8-19)17-28-11-5-6-12-28;/h7-10,21H,4-6,11-18H2,1-3H3,(H2,23,24,25);1H. The summed E-state index contributed by atoms with van der Waals surface area (Å²) in [5.74, 6) is 0.908. The Balaban J connectivity index is 0.00000300. The Morgan fingerprint density at radius 3 is 2.38 bits per heavy atom. The summed E-state index contributed by atoms with van der Waals surface area (Å²) in [7, 11) is 4.42. The third kappa shape index (κ3) is 8.03. The van der Waals surface area contributed by atoms with Crippen LogP contribution in [0.25, 0.3) is 0 Å². The van der Waals surface area contributed by atoms with Gasteiger partial charge in [0, 0.05) is 45.3 Å². The maximum Gasteiger partial charge on any atom is 0.191 e. The van der Waals surface area contributed by atoms with E-state index in [1.807, 2.05) is 0 Å². The molecule has 2 saturated heterocycles. The van der Waals surface area contributed by atoms with Gasteiger partial charge in [-0.1, -0.05) is 24.3 Å². The number of likely N-dealkylation sites (N-methyl/N-ethyl adjacent to an activating group) is 2. The minimum Gasteiger partial charge on any atom is -0.357 e. The topological polar surface area (TPSA) is 46.1 Å². The molecule has 1 aromatic carbocycles. The number of hydrogen-bond donors (Lipinski definition) is 2. The lowest BCUT2D eigenvalue weighted by atomic mass is 10.1. The molecule has 2 fully saturated rings. The molecule has 164 valence electrons. The van der Waals surface area contributed by atoms with E-state index in [0.29, 0.717) is 12.6 Å². The molecule has 2 N–H and O–H groups in total. The average Bonchev–Trinajstić information content (AvgIpc) is 3.20. The van der Waals surface area contributed by atoms with Gasteiger partial charge < -0.3 is 15.5 Å². The van der Waals surface area contributed by atoms with Crippen LogP contribution in [0.15, 0.2) is 29.3 Å². The predicted molar refractivity (Wildman–Crippen MR) is 133 cm³/mol. The summed E-state index contributed by atoms with van der Waals surface area (Å²) >= 11 is 0. The van der Waals surface area contributed by atoms with Crippen molar-refractivity contribution in [3.05, 3.63) is 35.4 Å². The highest BCUT2D eigenvalue weighted by atomic mass is 127. The number of rotatable bonds is 7. The lowest BCUT2D eigenvalue weighted by Gasteiger charge is -2.37. The zero-order chi connectivity index (χ0) is 19.8. The highest BCUT2D eigenvalue weighted by Gasteiger charge is 2.22. The molecule has 3 rings (SSSR count). The smallest absolute Gasteiger partial charge is 0.191 e. The molecule has 0 amide bonds. The van der Waals surface area contributed by atoms with Crippen LogP contribution in [0, 0.1) is 0 Å². The Morgan fingerprint density at radius 1 is 1.00 bits per heavy atom. The van der Waals surface area contributed by atoms with E-state index in [2.05, 4.69) is 70.6 Å². The van der Waals surface area contributed by atoms with Gasteiger partial charge in [0.25, 0.3) is 0 Å². The third-order valence-corrected chi connectivity index (χ3v) is 5.88. The highest BCUT2D eigenvalue weighted by molar-refractivity contribution is 14.0. The molecule has 0 aromatic heterocycles. The first-order chi connectivity index (χ1) is 13.6. The number of nitrogens with zero attached hydrogens (tertiary/aromatic N) is 4. The van der Waals surface area contributed by atoms with Crippen LogP contribution < -0.4 is 10.6 Å². The minimum absolute atomic E-state index is 0. The van der Waals surface area contributed by atoms with E-state index >= 15 is 0 Å². The van der Waals surface area contributed by atoms with E-state index in [1.54, 1.807) is 0 Å². The molecular formula is C22H39IN6. The van der Waals surface area contributed by atoms with Crippen molar-refractivity contribution in [1.82, 2.24) is 25.3 Å². The van der Waals surface area contributed by atoms with Crippen LogP contribution in [0.3, 0.4) is 0 Å². The van der Waals surface area contributed by atoms with E-state index in [1.165, 1.54) is 37.1 Å². The summed E-state index contributed by atoms with van der Waals surface area (Å²) in [6.07, 6.45) is 2.69. The van der Waals surface area contributed by atoms with Crippen LogP contribution in [0.2, 0.25) is 0 Å². The van der Waals surface area contributed by atoms with E-state index in [9.17, 15) is 0 Å². The second kappa shape index (κ2) is 12.7. The molecule has 2 aliphatic heterocycles. The van der Waals surface area contributed by atoms with Crippen molar-refractivity contribution in [2.24, 2.45) is 4.99 Å². The van der Waals surface area contributed by atoms with Gasteiger partial charge in [-0.25, -0.2) is 4.99 Å². The zero-order valence-electron chi connectivity index (χ0n) is 18.4. The number of benzene rings is 1. The van der Waals surface area contributed by atoms with Crippen molar-refractivity contribution >= 4 is 29.9 Å². The quantitative estimate of drug-likeness (QED) is 0.332. The van der Waals surface area contributed by atoms with Crippen LogP contribution in [-0.2, 0) is 13.1 Å². The fraction of sp³-hybridized carbons (Fsp3) is 0.682. The van der Waals surface area contributed by atoms with Crippen molar-refractivity contribution in [3.63, 3.8) is 0 Å². The van der Waals surface area contributed by atoms with E-state index in [4.69, 9.17) is 4.99 Å². The van der Waals surface area contributed by atoms with Crippen LogP contribution in [0.1, 0.15) is 30.9 Å². The largest absolute Gasteiger partial charge is 0.357 e. The maximum absolute atomic E-state index is 4.80. The van der Waals surface area contributed by atoms with Crippen molar-refractivity contribution in [2.75, 3.05) is 59.9 Å². The normalized spacial score (nSPS) is 21.8. The lowest BCUT2D eigenvalue weighted by Crippen LogP contribution is -2.55. The molecule has 6 nitrogen and oxygen atoms in total. The molecule has 1 unspecified atom stereocenters. The van der Waals surface area contributed by atoms with Gasteiger partial charge in [-0.15, -0.1) is 24.0 Å². The molecule has 0 aliphatic carbocycles. The van der Waals surface area contributed by atoms with Gasteiger partial charge in [0.1, 0.15) is 0 Å². The minimum atomic E-state index is 0. The highest BCUT2D eigenvalue weighted by Crippen LogP contribution is 2.13. The van der Waals surface area contributed by atoms with Crippen LogP contribution in [-0.4, -0.2) is 86.6 Å². The molecule has 1 atom stereocenters. The van der Waals surface area contributed by atoms with Crippen molar-refractivity contribution in [3.8, 4) is 0 Å². The molecular weight excluding hydrogens is 475 g/mol. The molecule has 7 heteroatoms. The molecule has 29 heavy (non-hydrogen) atoms. The van der Waals surface area contributed by atoms with E-state index in [0.717, 1.165) is 45.2 Å². The average molecular weight is 515 g/mol. The maximum atomic E-state index is 4.80. The van der Waals surface area contributed by atoms with Gasteiger partial charge in [0.15, 0.2) is 5.96 Å². The SMILES string of the molecule is CCNC(=NCc1ccc(CN2CCCC2)cc1)NCC1CN(C)CCN1C.I. The number of likely N-dealkylation sites (tertiary alicyclic amines) is 1. The van der Waals surface area contributed by atoms with Gasteiger partial charge in [-0.2, -0.15) is 0 Å². The Hall–Kier alpha value is -0.900. The second-order valence-corrected chi connectivity index (χ2v) is 8.27. The van der Waals surface area contributed by atoms with Gasteiger partial charge in [-0.3, -0.25) is 9.80 Å². The van der Waals surface area contributed by atoms with Gasteiger partial charge in [0.05, 0.1) is 6.54 Å². The van der Waals surface area contributed by atoms with Gasteiger partial charge >= 0.3 is 0 Å². The first-order valence-corrected chi connectivity index (χ1v) is 10.8. The number of hydrogen-bond acceptors (Lipinski definition) is 4. The molecule has 1 aromatic rings. The number of halogens is 1. The van der Waals surface area contributed by atoms with E-state index < -0.39 is 0 Å². The third-order valence-electron chi connectivity index (χ3n) is 5.88. The number of piperazine rings is 1. The summed E-state index contributed by atoms with van der Waals surface area (Å²) in [6.45, 7) is 11.6. The number of guanidine groups is 1. The van der Waals surface area contributed by atoms with Crippen molar-refractivity contribution in [1.29, 1.82) is 0 Å². The Labute approximate surface area is 194 Å². The van der Waals surface area contributed by atoms with Crippen LogP contribution in [0.5, 0.6) is 0 Å². The molecule has 0 spiro atoms. The van der Waals surface area contributed by atoms with Crippen LogP contribution in [0.4, 0.5) is 0 Å². The molecule has 0 radical (unpaired) electrons. The number of aliphatic imine (C=N–C) groups is 1. The van der Waals surface area contributed by atoms with E-state index in [-0.39, 0.29) is 24.0 Å². The Morgan fingerprint density at radius 2 is 1.69 bits per heavy atom. The summed E-state index contributed by atoms with van der Waals surface area (Å²) in [4.78, 5) is 12.2. The second-order valence-electron chi connectivity index (χ2n) is 8.27. The summed E-state index contributed by atoms with van der Waals surface area (Å²) in [5.41, 5.74) is 2.67. The lowest BCUT2D eigenvalue weighted by molar-refractivity contribution is 0.116. The predicted octanol–water partition coefficient (Wildman–Crippen LogP) is 2.20. The molecule has 0 saturated carbocycles. The van der Waals surface area contributed by atoms with Crippen molar-refractivity contribution in [2.45, 2.75) is 38.9 Å². The fourth-order valence-electron chi connectivity index (χ4n) is 4.00. The molecule has 0 bridgehead atoms. The number of nitrogens with one attached hydrogen (secondary N) is 2. The molecule has 2 aliphatic rings. The first kappa shape index (κ1) is 24.4. The Kier molecular flexibility index (Phi) is 10.7.